The molecule has 2 atom stereocenters. The molecule has 0 spiro atoms. The van der Waals surface area contributed by atoms with Gasteiger partial charge in [0.25, 0.3) is 0 Å². The maximum absolute atomic E-state index is 12.9. The van der Waals surface area contributed by atoms with Crippen LogP contribution in [0.2, 0.25) is 0 Å². The van der Waals surface area contributed by atoms with Gasteiger partial charge in [0.1, 0.15) is 15.5 Å². The van der Waals surface area contributed by atoms with Gasteiger partial charge in [-0.2, -0.15) is 14.0 Å². The number of carboxylic acid groups (broad SMARTS) is 1. The molecule has 1 aromatic heterocycles. The minimum Gasteiger partial charge on any atom is -0.480 e. The van der Waals surface area contributed by atoms with Gasteiger partial charge in [-0.3, -0.25) is 9.69 Å². The summed E-state index contributed by atoms with van der Waals surface area (Å²) in [5, 5.41) is 19.7. The summed E-state index contributed by atoms with van der Waals surface area (Å²) >= 11 is 2.70. The summed E-state index contributed by atoms with van der Waals surface area (Å²) in [5.74, 6) is -0.649. The number of thiazole rings is 1. The molecular weight excluding hydrogens is 468 g/mol. The predicted octanol–water partition coefficient (Wildman–Crippen LogP) is 5.34. The van der Waals surface area contributed by atoms with Crippen molar-refractivity contribution in [2.24, 2.45) is 11.3 Å². The van der Waals surface area contributed by atoms with Crippen LogP contribution in [0.15, 0.2) is 24.4 Å². The first-order valence-electron chi connectivity index (χ1n) is 10.4. The van der Waals surface area contributed by atoms with E-state index in [1.165, 1.54) is 41.3 Å². The lowest BCUT2D eigenvalue weighted by atomic mass is 9.73. The molecule has 0 bridgehead atoms. The van der Waals surface area contributed by atoms with Crippen LogP contribution in [0.1, 0.15) is 37.6 Å². The minimum absolute atomic E-state index is 0.0389. The maximum atomic E-state index is 12.9. The van der Waals surface area contributed by atoms with Gasteiger partial charge in [0.2, 0.25) is 0 Å². The highest BCUT2D eigenvalue weighted by Crippen LogP contribution is 2.44. The SMILES string of the molecule is CSC1(C(=O)O)CC(C(C)(C)C)CN(Cc2cnc(-c3cc(C#N)ccc3OC(F)F)s2)C1. The van der Waals surface area contributed by atoms with E-state index in [4.69, 9.17) is 0 Å². The van der Waals surface area contributed by atoms with Crippen LogP contribution >= 0.6 is 23.1 Å². The zero-order valence-corrected chi connectivity index (χ0v) is 20.6. The minimum atomic E-state index is -2.99. The molecule has 0 saturated carbocycles. The lowest BCUT2D eigenvalue weighted by molar-refractivity contribution is -0.142. The quantitative estimate of drug-likeness (QED) is 0.555. The van der Waals surface area contributed by atoms with Gasteiger partial charge < -0.3 is 9.84 Å². The fourth-order valence-corrected chi connectivity index (χ4v) is 5.88. The fraction of sp³-hybridized carbons (Fsp3) is 0.522. The van der Waals surface area contributed by atoms with Crippen molar-refractivity contribution in [2.75, 3.05) is 19.3 Å². The first-order valence-corrected chi connectivity index (χ1v) is 12.5. The lowest BCUT2D eigenvalue weighted by Gasteiger charge is -2.47. The van der Waals surface area contributed by atoms with Crippen LogP contribution in [-0.4, -0.2) is 51.7 Å². The second-order valence-corrected chi connectivity index (χ2v) is 11.6. The number of likely N-dealkylation sites (tertiary alicyclic amines) is 1. The molecule has 2 aromatic rings. The summed E-state index contributed by atoms with van der Waals surface area (Å²) in [6, 6.07) is 6.26. The van der Waals surface area contributed by atoms with Crippen LogP contribution in [0.3, 0.4) is 0 Å². The molecule has 10 heteroatoms. The highest BCUT2D eigenvalue weighted by molar-refractivity contribution is 8.00. The summed E-state index contributed by atoms with van der Waals surface area (Å²) in [4.78, 5) is 19.6. The van der Waals surface area contributed by atoms with Gasteiger partial charge in [0.05, 0.1) is 17.2 Å². The molecule has 6 nitrogen and oxygen atoms in total. The number of benzene rings is 1. The Morgan fingerprint density at radius 3 is 2.79 bits per heavy atom. The summed E-state index contributed by atoms with van der Waals surface area (Å²) < 4.78 is 29.5. The number of aliphatic carboxylic acids is 1. The first-order chi connectivity index (χ1) is 15.5. The van der Waals surface area contributed by atoms with Gasteiger partial charge in [0.15, 0.2) is 0 Å². The van der Waals surface area contributed by atoms with E-state index in [-0.39, 0.29) is 17.1 Å². The van der Waals surface area contributed by atoms with E-state index in [0.29, 0.717) is 35.6 Å². The fourth-order valence-electron chi connectivity index (χ4n) is 4.05. The Labute approximate surface area is 200 Å². The number of piperidine rings is 1. The third-order valence-electron chi connectivity index (χ3n) is 6.03. The Morgan fingerprint density at radius 2 is 2.21 bits per heavy atom. The number of hydrogen-bond acceptors (Lipinski definition) is 7. The molecule has 1 aromatic carbocycles. The van der Waals surface area contributed by atoms with Crippen molar-refractivity contribution in [3.63, 3.8) is 0 Å². The smallest absolute Gasteiger partial charge is 0.387 e. The molecule has 33 heavy (non-hydrogen) atoms. The third kappa shape index (κ3) is 5.83. The van der Waals surface area contributed by atoms with Gasteiger partial charge in [0, 0.05) is 30.7 Å². The predicted molar refractivity (Wildman–Crippen MR) is 126 cm³/mol. The largest absolute Gasteiger partial charge is 0.480 e. The number of carbonyl (C=O) groups is 1. The van der Waals surface area contributed by atoms with Crippen molar-refractivity contribution in [3.8, 4) is 22.4 Å². The zero-order valence-electron chi connectivity index (χ0n) is 19.0. The molecule has 1 aliphatic rings. The topological polar surface area (TPSA) is 86.5 Å². The molecule has 3 rings (SSSR count). The summed E-state index contributed by atoms with van der Waals surface area (Å²) in [6.45, 7) is 5.07. The Balaban J connectivity index is 1.88. The Bertz CT molecular complexity index is 1050. The van der Waals surface area contributed by atoms with Crippen molar-refractivity contribution in [2.45, 2.75) is 45.1 Å². The van der Waals surface area contributed by atoms with E-state index in [1.807, 2.05) is 12.3 Å². The number of nitriles is 1. The summed E-state index contributed by atoms with van der Waals surface area (Å²) in [7, 11) is 0. The first kappa shape index (κ1) is 25.4. The van der Waals surface area contributed by atoms with Gasteiger partial charge in [-0.1, -0.05) is 20.8 Å². The molecule has 178 valence electrons. The highest BCUT2D eigenvalue weighted by atomic mass is 32.2. The number of aromatic nitrogens is 1. The number of rotatable bonds is 7. The molecule has 2 heterocycles. The standard InChI is InChI=1S/C23H27F2N3O3S2/c1-22(2,3)15-8-23(32-4,20(29)30)13-28(11-15)12-16-10-27-19(33-16)17-7-14(9-26)5-6-18(17)31-21(24)25/h5-7,10,15,21H,8,11-13H2,1-4H3,(H,29,30). The average molecular weight is 496 g/mol. The maximum Gasteiger partial charge on any atom is 0.387 e. The highest BCUT2D eigenvalue weighted by Gasteiger charge is 2.48. The van der Waals surface area contributed by atoms with Crippen molar-refractivity contribution in [1.29, 1.82) is 5.26 Å². The van der Waals surface area contributed by atoms with Gasteiger partial charge >= 0.3 is 12.6 Å². The Kier molecular flexibility index (Phi) is 7.66. The van der Waals surface area contributed by atoms with Crippen LogP contribution in [0.5, 0.6) is 5.75 Å². The molecular formula is C23H27F2N3O3S2. The van der Waals surface area contributed by atoms with Crippen molar-refractivity contribution < 1.29 is 23.4 Å². The van der Waals surface area contributed by atoms with Crippen LogP contribution in [0.25, 0.3) is 10.6 Å². The summed E-state index contributed by atoms with van der Waals surface area (Å²) in [5.41, 5.74) is 0.604. The summed E-state index contributed by atoms with van der Waals surface area (Å²) in [6.07, 6.45) is 4.12. The van der Waals surface area contributed by atoms with Crippen molar-refractivity contribution >= 4 is 29.1 Å². The molecule has 0 aliphatic carbocycles. The molecule has 1 N–H and O–H groups in total. The van der Waals surface area contributed by atoms with E-state index in [2.05, 4.69) is 35.4 Å². The van der Waals surface area contributed by atoms with E-state index < -0.39 is 17.3 Å². The van der Waals surface area contributed by atoms with E-state index in [0.717, 1.165) is 11.4 Å². The molecule has 2 unspecified atom stereocenters. The number of alkyl halides is 2. The van der Waals surface area contributed by atoms with Crippen molar-refractivity contribution in [3.05, 3.63) is 34.8 Å². The van der Waals surface area contributed by atoms with Gasteiger partial charge in [-0.25, -0.2) is 4.98 Å². The monoisotopic (exact) mass is 495 g/mol. The second kappa shape index (κ2) is 9.95. The van der Waals surface area contributed by atoms with E-state index >= 15 is 0 Å². The molecule has 1 fully saturated rings. The Hall–Kier alpha value is -2.22. The van der Waals surface area contributed by atoms with Crippen LogP contribution in [-0.2, 0) is 11.3 Å². The third-order valence-corrected chi connectivity index (χ3v) is 8.29. The second-order valence-electron chi connectivity index (χ2n) is 9.27. The normalized spacial score (nSPS) is 21.7. The van der Waals surface area contributed by atoms with E-state index in [9.17, 15) is 23.9 Å². The average Bonchev–Trinajstić information content (AvgIpc) is 3.20. The van der Waals surface area contributed by atoms with Crippen LogP contribution in [0.4, 0.5) is 8.78 Å². The van der Waals surface area contributed by atoms with Crippen LogP contribution < -0.4 is 4.74 Å². The number of ether oxygens (including phenoxy) is 1. The lowest BCUT2D eigenvalue weighted by Crippen LogP contribution is -2.55. The molecule has 0 amide bonds. The molecule has 0 radical (unpaired) electrons. The number of hydrogen-bond donors (Lipinski definition) is 1. The number of nitrogens with zero attached hydrogens (tertiary/aromatic N) is 3. The van der Waals surface area contributed by atoms with Crippen LogP contribution in [0, 0.1) is 22.7 Å². The number of halogens is 2. The van der Waals surface area contributed by atoms with Gasteiger partial charge in [-0.05, 0) is 42.2 Å². The van der Waals surface area contributed by atoms with Crippen molar-refractivity contribution in [1.82, 2.24) is 9.88 Å². The molecule has 1 aliphatic heterocycles. The molecule has 1 saturated heterocycles. The van der Waals surface area contributed by atoms with Gasteiger partial charge in [-0.15, -0.1) is 23.1 Å². The Morgan fingerprint density at radius 1 is 1.48 bits per heavy atom. The number of thioether (sulfide) groups is 1. The zero-order chi connectivity index (χ0) is 24.4. The number of carboxylic acids is 1. The van der Waals surface area contributed by atoms with E-state index in [1.54, 1.807) is 6.20 Å².